The summed E-state index contributed by atoms with van der Waals surface area (Å²) in [5, 5.41) is 4.32. The SMILES string of the molecule is COc1cccc(C[C@H]2[C@H]3C[C@H](CN(CCCn4cccn4)C3)c3cccc(=O)n32)c1. The number of benzene rings is 1. The van der Waals surface area contributed by atoms with Crippen LogP contribution in [0.2, 0.25) is 0 Å². The van der Waals surface area contributed by atoms with Crippen LogP contribution < -0.4 is 10.3 Å². The molecule has 0 unspecified atom stereocenters. The zero-order valence-electron chi connectivity index (χ0n) is 18.1. The summed E-state index contributed by atoms with van der Waals surface area (Å²) in [6, 6.07) is 16.2. The summed E-state index contributed by atoms with van der Waals surface area (Å²) in [6.07, 6.45) is 6.96. The van der Waals surface area contributed by atoms with Gasteiger partial charge in [0, 0.05) is 55.7 Å². The van der Waals surface area contributed by atoms with Gasteiger partial charge in [-0.15, -0.1) is 0 Å². The number of rotatable bonds is 7. The van der Waals surface area contributed by atoms with Gasteiger partial charge in [0.1, 0.15) is 5.75 Å². The summed E-state index contributed by atoms with van der Waals surface area (Å²) in [5.74, 6) is 1.77. The number of aryl methyl sites for hydroxylation is 1. The first-order chi connectivity index (χ1) is 15.2. The predicted molar refractivity (Wildman–Crippen MR) is 121 cm³/mol. The third-order valence-corrected chi connectivity index (χ3v) is 6.87. The molecule has 0 aliphatic carbocycles. The van der Waals surface area contributed by atoms with Gasteiger partial charge in [-0.3, -0.25) is 9.48 Å². The lowest BCUT2D eigenvalue weighted by molar-refractivity contribution is 0.0884. The molecule has 162 valence electrons. The van der Waals surface area contributed by atoms with Crippen molar-refractivity contribution in [1.29, 1.82) is 0 Å². The van der Waals surface area contributed by atoms with Gasteiger partial charge in [0.15, 0.2) is 0 Å². The molecule has 3 aromatic rings. The Hall–Kier alpha value is -2.86. The van der Waals surface area contributed by atoms with E-state index >= 15 is 0 Å². The van der Waals surface area contributed by atoms with Crippen molar-refractivity contribution in [1.82, 2.24) is 19.2 Å². The monoisotopic (exact) mass is 418 g/mol. The Morgan fingerprint density at radius 2 is 2.00 bits per heavy atom. The second-order valence-corrected chi connectivity index (χ2v) is 8.86. The summed E-state index contributed by atoms with van der Waals surface area (Å²) in [7, 11) is 1.70. The number of methoxy groups -OCH3 is 1. The third kappa shape index (κ3) is 4.17. The second kappa shape index (κ2) is 8.71. The Labute approximate surface area is 183 Å². The summed E-state index contributed by atoms with van der Waals surface area (Å²) in [6.45, 7) is 4.09. The molecule has 2 bridgehead atoms. The standard InChI is InChI=1S/C25H30N4O2/c1-31-22-7-2-6-19(14-22)15-24-21-16-20(23-8-3-9-25(30)29(23)24)17-27(18-21)11-5-13-28-12-4-10-26-28/h2-4,6-10,12,14,20-21,24H,5,11,13,15-18H2,1H3/t20-,21+,24+/m1/s1. The van der Waals surface area contributed by atoms with Crippen LogP contribution in [0.1, 0.15) is 36.1 Å². The number of ether oxygens (including phenoxy) is 1. The summed E-state index contributed by atoms with van der Waals surface area (Å²) in [4.78, 5) is 15.5. The molecule has 6 nitrogen and oxygen atoms in total. The van der Waals surface area contributed by atoms with E-state index in [1.165, 1.54) is 11.3 Å². The average molecular weight is 419 g/mol. The Morgan fingerprint density at radius 1 is 1.10 bits per heavy atom. The molecule has 2 aliphatic rings. The van der Waals surface area contributed by atoms with Gasteiger partial charge < -0.3 is 14.2 Å². The molecular weight excluding hydrogens is 388 g/mol. The molecule has 2 aliphatic heterocycles. The topological polar surface area (TPSA) is 52.3 Å². The van der Waals surface area contributed by atoms with E-state index in [0.29, 0.717) is 11.8 Å². The van der Waals surface area contributed by atoms with Gasteiger partial charge in [-0.25, -0.2) is 0 Å². The van der Waals surface area contributed by atoms with Gasteiger partial charge in [-0.05, 0) is 61.6 Å². The van der Waals surface area contributed by atoms with Crippen LogP contribution in [0.15, 0.2) is 65.7 Å². The van der Waals surface area contributed by atoms with E-state index in [9.17, 15) is 4.79 Å². The van der Waals surface area contributed by atoms with Crippen LogP contribution in [0.25, 0.3) is 0 Å². The highest BCUT2D eigenvalue weighted by molar-refractivity contribution is 5.30. The molecule has 6 heteroatoms. The number of hydrogen-bond donors (Lipinski definition) is 0. The number of piperidine rings is 1. The maximum atomic E-state index is 12.9. The molecule has 0 radical (unpaired) electrons. The summed E-state index contributed by atoms with van der Waals surface area (Å²) in [5.41, 5.74) is 2.56. The highest BCUT2D eigenvalue weighted by Gasteiger charge is 2.40. The number of fused-ring (bicyclic) bond motifs is 4. The Kier molecular flexibility index (Phi) is 5.64. The Bertz CT molecular complexity index is 1080. The lowest BCUT2D eigenvalue weighted by Crippen LogP contribution is -2.50. The number of hydrogen-bond acceptors (Lipinski definition) is 4. The number of pyridine rings is 1. The fourth-order valence-electron chi connectivity index (χ4n) is 5.51. The zero-order chi connectivity index (χ0) is 21.2. The van der Waals surface area contributed by atoms with Crippen molar-refractivity contribution in [2.24, 2.45) is 5.92 Å². The normalized spacial score (nSPS) is 22.8. The van der Waals surface area contributed by atoms with Crippen LogP contribution in [0, 0.1) is 5.92 Å². The van der Waals surface area contributed by atoms with E-state index in [2.05, 4.69) is 32.8 Å². The molecule has 0 amide bonds. The predicted octanol–water partition coefficient (Wildman–Crippen LogP) is 3.35. The number of likely N-dealkylation sites (tertiary alicyclic amines) is 1. The quantitative estimate of drug-likeness (QED) is 0.591. The molecule has 0 N–H and O–H groups in total. The van der Waals surface area contributed by atoms with Crippen LogP contribution in [0.5, 0.6) is 5.75 Å². The molecule has 0 spiro atoms. The molecule has 1 saturated heterocycles. The van der Waals surface area contributed by atoms with Gasteiger partial charge in [0.25, 0.3) is 5.56 Å². The Balaban J connectivity index is 1.38. The van der Waals surface area contributed by atoms with Gasteiger partial charge in [0.2, 0.25) is 0 Å². The average Bonchev–Trinajstić information content (AvgIpc) is 3.30. The first-order valence-electron chi connectivity index (χ1n) is 11.3. The van der Waals surface area contributed by atoms with Gasteiger partial charge in [-0.1, -0.05) is 18.2 Å². The van der Waals surface area contributed by atoms with E-state index in [1.54, 1.807) is 13.2 Å². The minimum Gasteiger partial charge on any atom is -0.497 e. The molecular formula is C25H30N4O2. The van der Waals surface area contributed by atoms with E-state index in [0.717, 1.165) is 51.2 Å². The third-order valence-electron chi connectivity index (χ3n) is 6.87. The van der Waals surface area contributed by atoms with Crippen molar-refractivity contribution in [2.75, 3.05) is 26.7 Å². The van der Waals surface area contributed by atoms with E-state index < -0.39 is 0 Å². The van der Waals surface area contributed by atoms with Gasteiger partial charge >= 0.3 is 0 Å². The van der Waals surface area contributed by atoms with Crippen LogP contribution in [-0.4, -0.2) is 46.0 Å². The lowest BCUT2D eigenvalue weighted by Gasteiger charge is -2.47. The molecule has 3 atom stereocenters. The molecule has 2 aromatic heterocycles. The smallest absolute Gasteiger partial charge is 0.251 e. The molecule has 31 heavy (non-hydrogen) atoms. The van der Waals surface area contributed by atoms with Gasteiger partial charge in [-0.2, -0.15) is 5.10 Å². The first-order valence-corrected chi connectivity index (χ1v) is 11.3. The van der Waals surface area contributed by atoms with Crippen molar-refractivity contribution < 1.29 is 4.74 Å². The molecule has 1 fully saturated rings. The molecule has 1 aromatic carbocycles. The van der Waals surface area contributed by atoms with Crippen LogP contribution in [0.3, 0.4) is 0 Å². The second-order valence-electron chi connectivity index (χ2n) is 8.86. The van der Waals surface area contributed by atoms with Crippen LogP contribution >= 0.6 is 0 Å². The largest absolute Gasteiger partial charge is 0.497 e. The van der Waals surface area contributed by atoms with Crippen molar-refractivity contribution in [3.63, 3.8) is 0 Å². The minimum atomic E-state index is 0.132. The van der Waals surface area contributed by atoms with Gasteiger partial charge in [0.05, 0.1) is 7.11 Å². The molecule has 4 heterocycles. The Morgan fingerprint density at radius 3 is 2.84 bits per heavy atom. The zero-order valence-corrected chi connectivity index (χ0v) is 18.1. The van der Waals surface area contributed by atoms with Crippen molar-refractivity contribution in [2.45, 2.75) is 37.8 Å². The molecule has 5 rings (SSSR count). The van der Waals surface area contributed by atoms with Crippen molar-refractivity contribution in [3.05, 3.63) is 82.5 Å². The van der Waals surface area contributed by atoms with E-state index in [1.807, 2.05) is 41.3 Å². The van der Waals surface area contributed by atoms with E-state index in [4.69, 9.17) is 4.74 Å². The fraction of sp³-hybridized carbons (Fsp3) is 0.440. The van der Waals surface area contributed by atoms with Crippen LogP contribution in [0.4, 0.5) is 0 Å². The fourth-order valence-corrected chi connectivity index (χ4v) is 5.51. The maximum Gasteiger partial charge on any atom is 0.251 e. The minimum absolute atomic E-state index is 0.132. The number of nitrogens with zero attached hydrogens (tertiary/aromatic N) is 4. The highest BCUT2D eigenvalue weighted by Crippen LogP contribution is 2.42. The highest BCUT2D eigenvalue weighted by atomic mass is 16.5. The maximum absolute atomic E-state index is 12.9. The lowest BCUT2D eigenvalue weighted by atomic mass is 9.76. The van der Waals surface area contributed by atoms with Crippen molar-refractivity contribution in [3.8, 4) is 5.75 Å². The van der Waals surface area contributed by atoms with Crippen molar-refractivity contribution >= 4 is 0 Å². The summed E-state index contributed by atoms with van der Waals surface area (Å²) < 4.78 is 9.53. The number of aromatic nitrogens is 3. The van der Waals surface area contributed by atoms with E-state index in [-0.39, 0.29) is 11.6 Å². The first kappa shape index (κ1) is 20.1. The summed E-state index contributed by atoms with van der Waals surface area (Å²) >= 11 is 0. The van der Waals surface area contributed by atoms with Crippen LogP contribution in [-0.2, 0) is 13.0 Å². The molecule has 0 saturated carbocycles.